The summed E-state index contributed by atoms with van der Waals surface area (Å²) in [4.78, 5) is 4.46. The Kier molecular flexibility index (Phi) is 5.68. The number of aliphatic hydroxyl groups is 1. The number of hydrogen-bond donors (Lipinski definition) is 1. The molecule has 0 bridgehead atoms. The second-order valence-electron chi connectivity index (χ2n) is 9.11. The molecule has 2 aromatic rings. The van der Waals surface area contributed by atoms with Crippen molar-refractivity contribution in [2.75, 3.05) is 38.1 Å². The van der Waals surface area contributed by atoms with E-state index in [1.165, 1.54) is 30.7 Å². The lowest BCUT2D eigenvalue weighted by Gasteiger charge is -2.56. The van der Waals surface area contributed by atoms with E-state index in [0.717, 1.165) is 37.2 Å². The molecule has 31 heavy (non-hydrogen) atoms. The van der Waals surface area contributed by atoms with E-state index in [4.69, 9.17) is 0 Å². The van der Waals surface area contributed by atoms with Crippen LogP contribution in [0.3, 0.4) is 0 Å². The van der Waals surface area contributed by atoms with Crippen molar-refractivity contribution < 1.29 is 23.0 Å². The first-order chi connectivity index (χ1) is 14.6. The van der Waals surface area contributed by atoms with Crippen molar-refractivity contribution in [3.63, 3.8) is 0 Å². The molecule has 2 aliphatic rings. The van der Waals surface area contributed by atoms with E-state index in [2.05, 4.69) is 20.6 Å². The molecule has 7 heteroatoms. The van der Waals surface area contributed by atoms with Crippen LogP contribution in [0.4, 0.5) is 18.9 Å². The Morgan fingerprint density at radius 2 is 1.58 bits per heavy atom. The SMILES string of the molecule is CN1CC(C)([C@@](O)(c2ccc(OC(F)(F)F)cc2)c2cccc(N3CCCCC3)c2)C1. The van der Waals surface area contributed by atoms with Crippen LogP contribution in [-0.2, 0) is 5.60 Å². The number of nitrogens with zero attached hydrogens (tertiary/aromatic N) is 2. The van der Waals surface area contributed by atoms with Crippen LogP contribution in [0.15, 0.2) is 48.5 Å². The molecule has 0 amide bonds. The third kappa shape index (κ3) is 4.26. The molecule has 2 aliphatic heterocycles. The number of anilines is 1. The van der Waals surface area contributed by atoms with Crippen molar-refractivity contribution in [1.82, 2.24) is 4.90 Å². The average molecular weight is 435 g/mol. The van der Waals surface area contributed by atoms with Crippen molar-refractivity contribution in [1.29, 1.82) is 0 Å². The van der Waals surface area contributed by atoms with Gasteiger partial charge in [0.15, 0.2) is 0 Å². The zero-order chi connectivity index (χ0) is 22.3. The highest BCUT2D eigenvalue weighted by molar-refractivity contribution is 5.53. The summed E-state index contributed by atoms with van der Waals surface area (Å²) >= 11 is 0. The molecule has 0 aromatic heterocycles. The van der Waals surface area contributed by atoms with Crippen molar-refractivity contribution in [3.8, 4) is 5.75 Å². The normalized spacial score (nSPS) is 21.3. The minimum Gasteiger partial charge on any atom is -0.406 e. The standard InChI is InChI=1S/C24H29F3N2O2/c1-22(16-28(2)17-22)23(30,18-9-11-21(12-10-18)31-24(25,26)27)19-7-6-8-20(15-19)29-13-4-3-5-14-29/h6-12,15,30H,3-5,13-14,16-17H2,1-2H3/t23-/m1/s1. The fourth-order valence-electron chi connectivity index (χ4n) is 5.22. The Morgan fingerprint density at radius 3 is 2.16 bits per heavy atom. The molecule has 0 spiro atoms. The Hall–Kier alpha value is -2.25. The molecule has 2 fully saturated rings. The number of ether oxygens (including phenoxy) is 1. The summed E-state index contributed by atoms with van der Waals surface area (Å²) in [6.45, 7) is 5.37. The number of piperidine rings is 1. The largest absolute Gasteiger partial charge is 0.573 e. The summed E-state index contributed by atoms with van der Waals surface area (Å²) < 4.78 is 41.7. The molecule has 4 rings (SSSR count). The fraction of sp³-hybridized carbons (Fsp3) is 0.500. The van der Waals surface area contributed by atoms with E-state index in [0.29, 0.717) is 18.7 Å². The summed E-state index contributed by atoms with van der Waals surface area (Å²) in [5.41, 5.74) is 0.574. The molecular weight excluding hydrogens is 405 g/mol. The fourth-order valence-corrected chi connectivity index (χ4v) is 5.22. The van der Waals surface area contributed by atoms with Gasteiger partial charge in [-0.05, 0) is 61.7 Å². The van der Waals surface area contributed by atoms with E-state index >= 15 is 0 Å². The van der Waals surface area contributed by atoms with Crippen molar-refractivity contribution in [3.05, 3.63) is 59.7 Å². The Morgan fingerprint density at radius 1 is 0.935 bits per heavy atom. The van der Waals surface area contributed by atoms with Crippen molar-refractivity contribution in [2.24, 2.45) is 5.41 Å². The first kappa shape index (κ1) is 22.0. The van der Waals surface area contributed by atoms with E-state index < -0.39 is 17.4 Å². The predicted octanol–water partition coefficient (Wildman–Crippen LogP) is 4.76. The van der Waals surface area contributed by atoms with Crippen LogP contribution in [0.25, 0.3) is 0 Å². The van der Waals surface area contributed by atoms with Gasteiger partial charge in [0.05, 0.1) is 0 Å². The summed E-state index contributed by atoms with van der Waals surface area (Å²) in [5, 5.41) is 12.2. The highest BCUT2D eigenvalue weighted by Gasteiger charge is 2.55. The zero-order valence-corrected chi connectivity index (χ0v) is 18.0. The maximum atomic E-state index is 12.6. The number of halogens is 3. The summed E-state index contributed by atoms with van der Waals surface area (Å²) in [6.07, 6.45) is -1.21. The number of likely N-dealkylation sites (tertiary alicyclic amines) is 1. The van der Waals surface area contributed by atoms with Crippen LogP contribution in [0.1, 0.15) is 37.3 Å². The van der Waals surface area contributed by atoms with Crippen LogP contribution >= 0.6 is 0 Å². The van der Waals surface area contributed by atoms with Crippen molar-refractivity contribution >= 4 is 5.69 Å². The lowest BCUT2D eigenvalue weighted by Crippen LogP contribution is -2.63. The van der Waals surface area contributed by atoms with E-state index in [9.17, 15) is 18.3 Å². The Bertz CT molecular complexity index is 904. The van der Waals surface area contributed by atoms with Gasteiger partial charge in [-0.25, -0.2) is 0 Å². The Balaban J connectivity index is 1.73. The van der Waals surface area contributed by atoms with Gasteiger partial charge in [0.2, 0.25) is 0 Å². The quantitative estimate of drug-likeness (QED) is 0.736. The highest BCUT2D eigenvalue weighted by atomic mass is 19.4. The molecule has 2 saturated heterocycles. The molecule has 0 unspecified atom stereocenters. The molecule has 2 aromatic carbocycles. The molecule has 0 saturated carbocycles. The van der Waals surface area contributed by atoms with Gasteiger partial charge in [-0.1, -0.05) is 31.2 Å². The van der Waals surface area contributed by atoms with Gasteiger partial charge in [-0.3, -0.25) is 0 Å². The topological polar surface area (TPSA) is 35.9 Å². The molecule has 2 heterocycles. The van der Waals surface area contributed by atoms with Gasteiger partial charge in [0.25, 0.3) is 0 Å². The van der Waals surface area contributed by atoms with Crippen LogP contribution in [0.5, 0.6) is 5.75 Å². The molecule has 0 radical (unpaired) electrons. The maximum Gasteiger partial charge on any atom is 0.573 e. The second-order valence-corrected chi connectivity index (χ2v) is 9.11. The molecular formula is C24H29F3N2O2. The second kappa shape index (κ2) is 8.02. The molecule has 1 atom stereocenters. The third-order valence-electron chi connectivity index (χ3n) is 6.60. The first-order valence-corrected chi connectivity index (χ1v) is 10.7. The number of hydrogen-bond acceptors (Lipinski definition) is 4. The smallest absolute Gasteiger partial charge is 0.406 e. The van der Waals surface area contributed by atoms with Crippen molar-refractivity contribution in [2.45, 2.75) is 38.1 Å². The summed E-state index contributed by atoms with van der Waals surface area (Å²) in [7, 11) is 1.99. The van der Waals surface area contributed by atoms with Crippen LogP contribution in [-0.4, -0.2) is 49.6 Å². The average Bonchev–Trinajstić information content (AvgIpc) is 2.72. The lowest BCUT2D eigenvalue weighted by atomic mass is 9.62. The minimum absolute atomic E-state index is 0.295. The van der Waals surface area contributed by atoms with Gasteiger partial charge in [0.1, 0.15) is 11.4 Å². The predicted molar refractivity (Wildman–Crippen MR) is 114 cm³/mol. The monoisotopic (exact) mass is 434 g/mol. The van der Waals surface area contributed by atoms with E-state index in [1.54, 1.807) is 0 Å². The number of benzene rings is 2. The zero-order valence-electron chi connectivity index (χ0n) is 18.0. The number of rotatable bonds is 5. The third-order valence-corrected chi connectivity index (χ3v) is 6.60. The Labute approximate surface area is 181 Å². The molecule has 0 aliphatic carbocycles. The molecule has 168 valence electrons. The van der Waals surface area contributed by atoms with E-state index in [1.807, 2.05) is 32.2 Å². The molecule has 1 N–H and O–H groups in total. The summed E-state index contributed by atoms with van der Waals surface area (Å²) in [5.74, 6) is -0.295. The van der Waals surface area contributed by atoms with E-state index in [-0.39, 0.29) is 5.75 Å². The first-order valence-electron chi connectivity index (χ1n) is 10.7. The van der Waals surface area contributed by atoms with Gasteiger partial charge >= 0.3 is 6.36 Å². The molecule has 4 nitrogen and oxygen atoms in total. The van der Waals surface area contributed by atoms with Crippen LogP contribution in [0.2, 0.25) is 0 Å². The minimum atomic E-state index is -4.75. The summed E-state index contributed by atoms with van der Waals surface area (Å²) in [6, 6.07) is 13.6. The van der Waals surface area contributed by atoms with Gasteiger partial charge < -0.3 is 19.6 Å². The maximum absolute atomic E-state index is 12.6. The van der Waals surface area contributed by atoms with Crippen LogP contribution in [0, 0.1) is 5.41 Å². The van der Waals surface area contributed by atoms with Gasteiger partial charge in [-0.2, -0.15) is 0 Å². The van der Waals surface area contributed by atoms with Gasteiger partial charge in [-0.15, -0.1) is 13.2 Å². The lowest BCUT2D eigenvalue weighted by molar-refractivity contribution is -0.274. The number of alkyl halides is 3. The highest BCUT2D eigenvalue weighted by Crippen LogP contribution is 2.50. The van der Waals surface area contributed by atoms with Gasteiger partial charge in [0, 0.05) is 37.3 Å². The van der Waals surface area contributed by atoms with Crippen LogP contribution < -0.4 is 9.64 Å².